The average molecular weight is 458 g/mol. The van der Waals surface area contributed by atoms with E-state index in [-0.39, 0.29) is 35.0 Å². The number of carbonyl (C=O) groups is 2. The highest BCUT2D eigenvalue weighted by Crippen LogP contribution is 2.38. The number of hydrogen-bond acceptors (Lipinski definition) is 9. The van der Waals surface area contributed by atoms with E-state index in [9.17, 15) is 19.2 Å². The van der Waals surface area contributed by atoms with Crippen LogP contribution >= 0.6 is 0 Å². The first kappa shape index (κ1) is 23.2. The van der Waals surface area contributed by atoms with Gasteiger partial charge in [-0.1, -0.05) is 0 Å². The molecule has 0 aliphatic heterocycles. The Morgan fingerprint density at radius 3 is 2.33 bits per heavy atom. The fourth-order valence-electron chi connectivity index (χ4n) is 3.10. The first-order chi connectivity index (χ1) is 15.7. The lowest BCUT2D eigenvalue weighted by molar-refractivity contribution is -0.132. The van der Waals surface area contributed by atoms with Crippen molar-refractivity contribution in [2.45, 2.75) is 13.5 Å². The molecule has 13 heteroatoms. The summed E-state index contributed by atoms with van der Waals surface area (Å²) in [6.45, 7) is 1.00. The Labute approximate surface area is 186 Å². The van der Waals surface area contributed by atoms with E-state index < -0.39 is 23.1 Å². The largest absolute Gasteiger partial charge is 0.493 e. The molecule has 0 bridgehead atoms. The number of rotatable bonds is 7. The fourth-order valence-corrected chi connectivity index (χ4v) is 3.10. The van der Waals surface area contributed by atoms with Crippen LogP contribution in [0.15, 0.2) is 33.2 Å². The number of esters is 1. The van der Waals surface area contributed by atoms with Crippen LogP contribution in [0.3, 0.4) is 0 Å². The van der Waals surface area contributed by atoms with Crippen LogP contribution in [0.5, 0.6) is 17.2 Å². The lowest BCUT2D eigenvalue weighted by Crippen LogP contribution is -2.38. The van der Waals surface area contributed by atoms with E-state index in [0.717, 1.165) is 4.57 Å². The third kappa shape index (κ3) is 4.61. The molecule has 1 N–H and O–H groups in total. The summed E-state index contributed by atoms with van der Waals surface area (Å²) in [7, 11) is 5.64. The molecule has 13 nitrogen and oxygen atoms in total. The van der Waals surface area contributed by atoms with Gasteiger partial charge < -0.3 is 18.8 Å². The Hall–Kier alpha value is -4.42. The molecule has 0 aliphatic rings. The van der Waals surface area contributed by atoms with Crippen molar-refractivity contribution < 1.29 is 23.8 Å². The topological polar surface area (TPSA) is 148 Å². The van der Waals surface area contributed by atoms with E-state index in [4.69, 9.17) is 14.2 Å². The minimum atomic E-state index is -0.561. The maximum atomic E-state index is 12.5. The van der Waals surface area contributed by atoms with Crippen LogP contribution in [0.4, 0.5) is 0 Å². The van der Waals surface area contributed by atoms with Crippen molar-refractivity contribution in [2.75, 3.05) is 14.2 Å². The Balaban J connectivity index is 1.79. The minimum Gasteiger partial charge on any atom is -0.493 e. The van der Waals surface area contributed by atoms with Crippen LogP contribution in [-0.4, -0.2) is 51.0 Å². The van der Waals surface area contributed by atoms with Gasteiger partial charge in [-0.2, -0.15) is 5.10 Å². The van der Waals surface area contributed by atoms with E-state index in [0.29, 0.717) is 5.56 Å². The monoisotopic (exact) mass is 458 g/mol. The second kappa shape index (κ2) is 9.38. The standard InChI is InChI=1S/C20H22N6O7/c1-11(27)33-17-13(31-4)6-12(7-14(17)32-5)8-22-23-15(28)9-26-10-21-18-16(26)19(29)25(3)20(30)24(18)2/h6-8,10H,9H2,1-5H3,(H,23,28)/b22-8-. The molecular weight excluding hydrogens is 436 g/mol. The van der Waals surface area contributed by atoms with E-state index in [1.54, 1.807) is 12.1 Å². The molecule has 0 aliphatic carbocycles. The van der Waals surface area contributed by atoms with Gasteiger partial charge in [-0.25, -0.2) is 15.2 Å². The molecule has 3 aromatic rings. The number of fused-ring (bicyclic) bond motifs is 1. The Kier molecular flexibility index (Phi) is 6.61. The number of carbonyl (C=O) groups excluding carboxylic acids is 2. The molecule has 33 heavy (non-hydrogen) atoms. The predicted octanol–water partition coefficient (Wildman–Crippen LogP) is -0.473. The lowest BCUT2D eigenvalue weighted by Gasteiger charge is -2.13. The van der Waals surface area contributed by atoms with Crippen molar-refractivity contribution in [3.05, 3.63) is 44.9 Å². The molecule has 2 aromatic heterocycles. The van der Waals surface area contributed by atoms with Crippen LogP contribution in [-0.2, 0) is 30.2 Å². The molecule has 3 rings (SSSR count). The molecule has 0 spiro atoms. The number of methoxy groups -OCH3 is 2. The van der Waals surface area contributed by atoms with E-state index in [1.165, 1.54) is 56.9 Å². The summed E-state index contributed by atoms with van der Waals surface area (Å²) in [5.74, 6) is -0.469. The van der Waals surface area contributed by atoms with Crippen molar-refractivity contribution in [3.63, 3.8) is 0 Å². The van der Waals surface area contributed by atoms with Crippen LogP contribution in [0.1, 0.15) is 12.5 Å². The minimum absolute atomic E-state index is 0.120. The summed E-state index contributed by atoms with van der Waals surface area (Å²) >= 11 is 0. The predicted molar refractivity (Wildman–Crippen MR) is 117 cm³/mol. The molecule has 1 aromatic carbocycles. The Morgan fingerprint density at radius 2 is 1.76 bits per heavy atom. The van der Waals surface area contributed by atoms with Crippen molar-refractivity contribution in [1.82, 2.24) is 24.1 Å². The summed E-state index contributed by atoms with van der Waals surface area (Å²) in [6.07, 6.45) is 2.65. The zero-order chi connectivity index (χ0) is 24.3. The van der Waals surface area contributed by atoms with Crippen molar-refractivity contribution in [2.24, 2.45) is 19.2 Å². The summed E-state index contributed by atoms with van der Waals surface area (Å²) in [4.78, 5) is 52.2. The fraction of sp³-hybridized carbons (Fsp3) is 0.300. The number of nitrogens with one attached hydrogen (secondary N) is 1. The number of hydrazone groups is 1. The number of amides is 1. The Morgan fingerprint density at radius 1 is 1.12 bits per heavy atom. The molecule has 2 heterocycles. The molecule has 1 amide bonds. The smallest absolute Gasteiger partial charge is 0.332 e. The Bertz CT molecular complexity index is 1360. The van der Waals surface area contributed by atoms with Gasteiger partial charge in [0, 0.05) is 26.6 Å². The molecule has 0 fully saturated rings. The molecular formula is C20H22N6O7. The number of nitrogens with zero attached hydrogens (tertiary/aromatic N) is 5. The zero-order valence-electron chi connectivity index (χ0n) is 18.6. The third-order valence-corrected chi connectivity index (χ3v) is 4.66. The van der Waals surface area contributed by atoms with Crippen LogP contribution in [0.2, 0.25) is 0 Å². The number of ether oxygens (including phenoxy) is 3. The average Bonchev–Trinajstić information content (AvgIpc) is 3.20. The van der Waals surface area contributed by atoms with E-state index >= 15 is 0 Å². The van der Waals surface area contributed by atoms with Crippen LogP contribution < -0.4 is 30.9 Å². The highest BCUT2D eigenvalue weighted by molar-refractivity contribution is 5.85. The highest BCUT2D eigenvalue weighted by atomic mass is 16.6. The van der Waals surface area contributed by atoms with Gasteiger partial charge in [0.25, 0.3) is 11.5 Å². The highest BCUT2D eigenvalue weighted by Gasteiger charge is 2.17. The maximum absolute atomic E-state index is 12.5. The maximum Gasteiger partial charge on any atom is 0.332 e. The van der Waals surface area contributed by atoms with E-state index in [1.807, 2.05) is 0 Å². The number of aryl methyl sites for hydroxylation is 1. The first-order valence-corrected chi connectivity index (χ1v) is 9.55. The summed E-state index contributed by atoms with van der Waals surface area (Å²) in [5, 5.41) is 3.90. The number of hydrogen-bond donors (Lipinski definition) is 1. The SMILES string of the molecule is COc1cc(/C=N\NC(=O)Cn2cnc3c2c(=O)n(C)c(=O)n3C)cc(OC)c1OC(C)=O. The van der Waals surface area contributed by atoms with Gasteiger partial charge in [0.2, 0.25) is 5.75 Å². The molecule has 0 unspecified atom stereocenters. The van der Waals surface area contributed by atoms with Crippen LogP contribution in [0, 0.1) is 0 Å². The molecule has 0 saturated heterocycles. The molecule has 174 valence electrons. The number of benzene rings is 1. The first-order valence-electron chi connectivity index (χ1n) is 9.55. The van der Waals surface area contributed by atoms with Gasteiger partial charge in [-0.3, -0.25) is 23.5 Å². The summed E-state index contributed by atoms with van der Waals surface area (Å²) < 4.78 is 19.1. The van der Waals surface area contributed by atoms with Gasteiger partial charge in [-0.05, 0) is 12.1 Å². The van der Waals surface area contributed by atoms with Crippen molar-refractivity contribution >= 4 is 29.3 Å². The van der Waals surface area contributed by atoms with Crippen molar-refractivity contribution in [1.29, 1.82) is 0 Å². The second-order valence-corrected chi connectivity index (χ2v) is 6.89. The lowest BCUT2D eigenvalue weighted by atomic mass is 10.2. The van der Waals surface area contributed by atoms with Gasteiger partial charge in [0.15, 0.2) is 22.7 Å². The quantitative estimate of drug-likeness (QED) is 0.216. The number of imidazole rings is 1. The van der Waals surface area contributed by atoms with Crippen molar-refractivity contribution in [3.8, 4) is 17.2 Å². The zero-order valence-corrected chi connectivity index (χ0v) is 18.6. The van der Waals surface area contributed by atoms with Crippen LogP contribution in [0.25, 0.3) is 11.2 Å². The second-order valence-electron chi connectivity index (χ2n) is 6.89. The van der Waals surface area contributed by atoms with Gasteiger partial charge in [-0.15, -0.1) is 0 Å². The molecule has 0 atom stereocenters. The van der Waals surface area contributed by atoms with Gasteiger partial charge in [0.05, 0.1) is 26.8 Å². The van der Waals surface area contributed by atoms with Gasteiger partial charge in [0.1, 0.15) is 6.54 Å². The molecule has 0 radical (unpaired) electrons. The normalized spacial score (nSPS) is 11.1. The summed E-state index contributed by atoms with van der Waals surface area (Å²) in [6, 6.07) is 3.09. The number of aromatic nitrogens is 4. The molecule has 0 saturated carbocycles. The van der Waals surface area contributed by atoms with Gasteiger partial charge >= 0.3 is 11.7 Å². The van der Waals surface area contributed by atoms with E-state index in [2.05, 4.69) is 15.5 Å². The third-order valence-electron chi connectivity index (χ3n) is 4.66. The summed E-state index contributed by atoms with van der Waals surface area (Å²) in [5.41, 5.74) is 2.07.